The number of rotatable bonds is 3. The molecule has 0 saturated heterocycles. The molecule has 6 aromatic carbocycles. The Hall–Kier alpha value is -5.80. The molecule has 0 N–H and O–H groups in total. The minimum absolute atomic E-state index is 0.0547. The summed E-state index contributed by atoms with van der Waals surface area (Å²) in [5.74, 6) is 0.961. The minimum Gasteiger partial charge on any atom is -0.485 e. The number of aromatic nitrogens is 2. The maximum absolute atomic E-state index is 6.58. The normalized spacial score (nSPS) is 18.6. The molecular formula is C43H30N2O. The van der Waals surface area contributed by atoms with Gasteiger partial charge in [0.2, 0.25) is 0 Å². The van der Waals surface area contributed by atoms with E-state index in [1.165, 1.54) is 71.7 Å². The molecule has 2 unspecified atom stereocenters. The lowest BCUT2D eigenvalue weighted by molar-refractivity contribution is 0.228. The zero-order chi connectivity index (χ0) is 30.4. The number of hydrogen-bond donors (Lipinski definition) is 0. The van der Waals surface area contributed by atoms with E-state index < -0.39 is 0 Å². The van der Waals surface area contributed by atoms with Crippen molar-refractivity contribution < 1.29 is 4.74 Å². The highest BCUT2D eigenvalue weighted by atomic mass is 16.5. The van der Waals surface area contributed by atoms with Crippen molar-refractivity contribution in [1.29, 1.82) is 0 Å². The summed E-state index contributed by atoms with van der Waals surface area (Å²) in [5, 5.41) is 5.06. The number of fused-ring (bicyclic) bond motifs is 9. The summed E-state index contributed by atoms with van der Waals surface area (Å²) < 4.78 is 11.4. The summed E-state index contributed by atoms with van der Waals surface area (Å²) in [6.07, 6.45) is 6.83. The van der Waals surface area contributed by atoms with E-state index in [0.717, 1.165) is 5.75 Å². The van der Waals surface area contributed by atoms with Gasteiger partial charge in [0.05, 0.1) is 27.5 Å². The fraction of sp³-hybridized carbons (Fsp3) is 0.0698. The van der Waals surface area contributed by atoms with Crippen molar-refractivity contribution in [3.05, 3.63) is 163 Å². The largest absolute Gasteiger partial charge is 0.485 e. The fourth-order valence-corrected chi connectivity index (χ4v) is 7.93. The highest BCUT2D eigenvalue weighted by molar-refractivity contribution is 6.11. The van der Waals surface area contributed by atoms with Gasteiger partial charge in [-0.1, -0.05) is 84.9 Å². The van der Waals surface area contributed by atoms with Crippen LogP contribution >= 0.6 is 0 Å². The van der Waals surface area contributed by atoms with Crippen LogP contribution in [0.5, 0.6) is 5.75 Å². The van der Waals surface area contributed by atoms with Crippen molar-refractivity contribution in [2.75, 3.05) is 0 Å². The van der Waals surface area contributed by atoms with Crippen LogP contribution in [0.4, 0.5) is 0 Å². The molecule has 3 heterocycles. The number of allylic oxidation sites excluding steroid dienone is 2. The van der Waals surface area contributed by atoms with Gasteiger partial charge < -0.3 is 13.9 Å². The van der Waals surface area contributed by atoms with Gasteiger partial charge >= 0.3 is 0 Å². The van der Waals surface area contributed by atoms with Gasteiger partial charge in [-0.05, 0) is 90.9 Å². The van der Waals surface area contributed by atoms with E-state index in [9.17, 15) is 0 Å². The molecule has 1 aliphatic heterocycles. The van der Waals surface area contributed by atoms with Crippen LogP contribution in [0.25, 0.3) is 66.1 Å². The third-order valence-corrected chi connectivity index (χ3v) is 10.2. The Morgan fingerprint density at radius 3 is 1.83 bits per heavy atom. The third-order valence-electron chi connectivity index (χ3n) is 10.2. The Morgan fingerprint density at radius 1 is 0.543 bits per heavy atom. The SMILES string of the molecule is CC12C=C(n3c4ccccc4c4ccccc43)C=CC1Oc1ccc(-c3ccc4c(c3)c3ccccc3n4-c3ccccc3)cc12. The summed E-state index contributed by atoms with van der Waals surface area (Å²) in [6, 6.07) is 50.4. The van der Waals surface area contributed by atoms with Gasteiger partial charge in [-0.2, -0.15) is 0 Å². The van der Waals surface area contributed by atoms with Gasteiger partial charge in [0.15, 0.2) is 0 Å². The summed E-state index contributed by atoms with van der Waals surface area (Å²) in [6.45, 7) is 2.32. The molecule has 2 atom stereocenters. The number of nitrogens with zero attached hydrogens (tertiary/aromatic N) is 2. The molecule has 0 spiro atoms. The molecule has 46 heavy (non-hydrogen) atoms. The highest BCUT2D eigenvalue weighted by Gasteiger charge is 2.44. The maximum Gasteiger partial charge on any atom is 0.130 e. The van der Waals surface area contributed by atoms with E-state index in [-0.39, 0.29) is 11.5 Å². The first-order chi connectivity index (χ1) is 22.7. The average molecular weight is 591 g/mol. The van der Waals surface area contributed by atoms with Gasteiger partial charge in [-0.25, -0.2) is 0 Å². The monoisotopic (exact) mass is 590 g/mol. The second kappa shape index (κ2) is 9.35. The van der Waals surface area contributed by atoms with Crippen molar-refractivity contribution in [2.45, 2.75) is 18.4 Å². The average Bonchev–Trinajstić information content (AvgIpc) is 3.73. The fourth-order valence-electron chi connectivity index (χ4n) is 7.93. The van der Waals surface area contributed by atoms with E-state index in [0.29, 0.717) is 0 Å². The Labute approximate surface area is 266 Å². The van der Waals surface area contributed by atoms with Crippen LogP contribution in [-0.4, -0.2) is 15.2 Å². The quantitative estimate of drug-likeness (QED) is 0.200. The Balaban J connectivity index is 1.12. The zero-order valence-corrected chi connectivity index (χ0v) is 25.4. The van der Waals surface area contributed by atoms with Gasteiger partial charge in [0.25, 0.3) is 0 Å². The zero-order valence-electron chi connectivity index (χ0n) is 25.4. The van der Waals surface area contributed by atoms with Crippen molar-refractivity contribution in [3.63, 3.8) is 0 Å². The number of ether oxygens (including phenoxy) is 1. The molecule has 2 aromatic heterocycles. The molecule has 0 radical (unpaired) electrons. The molecule has 218 valence electrons. The first-order valence-corrected chi connectivity index (χ1v) is 16.0. The third kappa shape index (κ3) is 3.48. The molecule has 3 nitrogen and oxygen atoms in total. The van der Waals surface area contributed by atoms with Crippen molar-refractivity contribution in [1.82, 2.24) is 9.13 Å². The second-order valence-corrected chi connectivity index (χ2v) is 12.8. The lowest BCUT2D eigenvalue weighted by atomic mass is 9.75. The minimum atomic E-state index is -0.310. The van der Waals surface area contributed by atoms with Gasteiger partial charge in [-0.15, -0.1) is 0 Å². The van der Waals surface area contributed by atoms with Crippen LogP contribution in [0.1, 0.15) is 12.5 Å². The van der Waals surface area contributed by atoms with E-state index in [1.54, 1.807) is 0 Å². The smallest absolute Gasteiger partial charge is 0.130 e. The standard InChI is InChI=1S/C43H30N2O/c1-43-27-31(45-37-16-8-5-13-32(37)33-14-6-9-17-38(33)45)21-24-42(43)46-41-23-20-29(26-36(41)43)28-19-22-40-35(25-28)34-15-7-10-18-39(34)44(40)30-11-3-2-4-12-30/h2-27,42H,1H3. The summed E-state index contributed by atoms with van der Waals surface area (Å²) in [7, 11) is 0. The van der Waals surface area contributed by atoms with Gasteiger partial charge in [0.1, 0.15) is 11.9 Å². The van der Waals surface area contributed by atoms with Crippen molar-refractivity contribution >= 4 is 49.3 Å². The molecule has 0 bridgehead atoms. The van der Waals surface area contributed by atoms with E-state index >= 15 is 0 Å². The van der Waals surface area contributed by atoms with Crippen LogP contribution in [0.2, 0.25) is 0 Å². The molecule has 10 rings (SSSR count). The Bertz CT molecular complexity index is 2530. The Kier molecular flexibility index (Phi) is 5.19. The lowest BCUT2D eigenvalue weighted by Crippen LogP contribution is -2.34. The number of benzene rings is 6. The van der Waals surface area contributed by atoms with Crippen LogP contribution < -0.4 is 4.74 Å². The molecule has 0 amide bonds. The molecule has 8 aromatic rings. The van der Waals surface area contributed by atoms with E-state index in [4.69, 9.17) is 4.74 Å². The van der Waals surface area contributed by atoms with Gasteiger partial charge in [0, 0.05) is 38.5 Å². The number of hydrogen-bond acceptors (Lipinski definition) is 1. The highest BCUT2D eigenvalue weighted by Crippen LogP contribution is 2.49. The summed E-state index contributed by atoms with van der Waals surface area (Å²) >= 11 is 0. The van der Waals surface area contributed by atoms with Gasteiger partial charge in [-0.3, -0.25) is 0 Å². The molecular weight excluding hydrogens is 560 g/mol. The first-order valence-electron chi connectivity index (χ1n) is 16.0. The maximum atomic E-state index is 6.58. The topological polar surface area (TPSA) is 19.1 Å². The Morgan fingerprint density at radius 2 is 1.11 bits per heavy atom. The van der Waals surface area contributed by atoms with Crippen molar-refractivity contribution in [2.24, 2.45) is 0 Å². The lowest BCUT2D eigenvalue weighted by Gasteiger charge is -2.30. The van der Waals surface area contributed by atoms with E-state index in [1.807, 2.05) is 0 Å². The molecule has 2 aliphatic rings. The summed E-state index contributed by atoms with van der Waals surface area (Å²) in [4.78, 5) is 0. The van der Waals surface area contributed by atoms with Crippen LogP contribution in [0.15, 0.2) is 158 Å². The van der Waals surface area contributed by atoms with Crippen LogP contribution in [0, 0.1) is 0 Å². The van der Waals surface area contributed by atoms with E-state index in [2.05, 4.69) is 174 Å². The van der Waals surface area contributed by atoms with Crippen LogP contribution in [0.3, 0.4) is 0 Å². The molecule has 1 aliphatic carbocycles. The van der Waals surface area contributed by atoms with Crippen LogP contribution in [-0.2, 0) is 5.41 Å². The predicted molar refractivity (Wildman–Crippen MR) is 191 cm³/mol. The molecule has 3 heteroatoms. The number of para-hydroxylation sites is 4. The second-order valence-electron chi connectivity index (χ2n) is 12.8. The predicted octanol–water partition coefficient (Wildman–Crippen LogP) is 10.7. The summed E-state index contributed by atoms with van der Waals surface area (Å²) in [5.41, 5.74) is 10.5. The first kappa shape index (κ1) is 25.5. The molecule has 0 saturated carbocycles. The molecule has 0 fully saturated rings. The van der Waals surface area contributed by atoms with Crippen molar-refractivity contribution in [3.8, 4) is 22.6 Å².